The molecule has 0 saturated carbocycles. The fourth-order valence-electron chi connectivity index (χ4n) is 4.49. The van der Waals surface area contributed by atoms with Gasteiger partial charge in [0.05, 0.1) is 17.7 Å². The molecular weight excluding hydrogens is 546 g/mol. The van der Waals surface area contributed by atoms with E-state index in [1.807, 2.05) is 24.3 Å². The van der Waals surface area contributed by atoms with Crippen LogP contribution in [0.4, 0.5) is 11.4 Å². The summed E-state index contributed by atoms with van der Waals surface area (Å²) < 4.78 is 5.19. The van der Waals surface area contributed by atoms with Crippen LogP contribution in [-0.4, -0.2) is 60.9 Å². The zero-order valence-electron chi connectivity index (χ0n) is 21.1. The quantitative estimate of drug-likeness (QED) is 0.242. The molecule has 3 aromatic rings. The highest BCUT2D eigenvalue weighted by Gasteiger charge is 2.34. The number of anilines is 2. The van der Waals surface area contributed by atoms with Gasteiger partial charge in [0.2, 0.25) is 0 Å². The van der Waals surface area contributed by atoms with E-state index < -0.39 is 24.6 Å². The van der Waals surface area contributed by atoms with Gasteiger partial charge >= 0.3 is 11.9 Å². The Morgan fingerprint density at radius 3 is 2.49 bits per heavy atom. The van der Waals surface area contributed by atoms with E-state index in [9.17, 15) is 19.5 Å². The van der Waals surface area contributed by atoms with Gasteiger partial charge in [0, 0.05) is 5.69 Å². The van der Waals surface area contributed by atoms with Crippen molar-refractivity contribution in [1.29, 1.82) is 0 Å². The number of aliphatic carboxylic acids is 1. The Kier molecular flexibility index (Phi) is 9.41. The van der Waals surface area contributed by atoms with E-state index in [1.54, 1.807) is 30.3 Å². The Hall–Kier alpha value is -3.64. The lowest BCUT2D eigenvalue weighted by Crippen LogP contribution is -2.49. The number of benzene rings is 2. The van der Waals surface area contributed by atoms with Gasteiger partial charge in [-0.2, -0.15) is 5.06 Å². The van der Waals surface area contributed by atoms with Crippen molar-refractivity contribution in [2.24, 2.45) is 5.92 Å². The number of nitrogens with one attached hydrogen (secondary N) is 2. The summed E-state index contributed by atoms with van der Waals surface area (Å²) >= 11 is 7.36. The molecule has 2 aromatic carbocycles. The van der Waals surface area contributed by atoms with Gasteiger partial charge in [-0.15, -0.1) is 11.3 Å². The van der Waals surface area contributed by atoms with Crippen LogP contribution in [-0.2, 0) is 14.4 Å². The third-order valence-electron chi connectivity index (χ3n) is 6.28. The second-order valence-electron chi connectivity index (χ2n) is 8.83. The van der Waals surface area contributed by atoms with Crippen molar-refractivity contribution in [2.45, 2.75) is 18.9 Å². The summed E-state index contributed by atoms with van der Waals surface area (Å²) in [4.78, 5) is 42.3. The molecule has 1 saturated heterocycles. The maximum absolute atomic E-state index is 13.8. The van der Waals surface area contributed by atoms with Gasteiger partial charge in [-0.05, 0) is 61.7 Å². The summed E-state index contributed by atoms with van der Waals surface area (Å²) in [6.07, 6.45) is 1.58. The molecule has 39 heavy (non-hydrogen) atoms. The molecule has 1 amide bonds. The van der Waals surface area contributed by atoms with Crippen LogP contribution in [0.15, 0.2) is 54.6 Å². The Morgan fingerprint density at radius 2 is 1.85 bits per heavy atom. The van der Waals surface area contributed by atoms with Gasteiger partial charge in [0.15, 0.2) is 17.2 Å². The van der Waals surface area contributed by atoms with Gasteiger partial charge in [-0.25, -0.2) is 9.59 Å². The molecule has 10 nitrogen and oxygen atoms in total. The molecule has 12 heteroatoms. The van der Waals surface area contributed by atoms with Gasteiger partial charge in [0.25, 0.3) is 5.91 Å². The number of hydrogen-bond donors (Lipinski definition) is 4. The molecule has 0 bridgehead atoms. The van der Waals surface area contributed by atoms with E-state index in [0.29, 0.717) is 21.8 Å². The summed E-state index contributed by atoms with van der Waals surface area (Å²) in [5.41, 5.74) is 1.83. The van der Waals surface area contributed by atoms with Crippen molar-refractivity contribution in [1.82, 2.24) is 5.32 Å². The molecule has 4 rings (SSSR count). The number of carboxylic acids is 2. The zero-order chi connectivity index (χ0) is 27.9. The number of hydroxylamine groups is 1. The van der Waals surface area contributed by atoms with Crippen LogP contribution >= 0.6 is 22.9 Å². The first-order valence-corrected chi connectivity index (χ1v) is 13.4. The van der Waals surface area contributed by atoms with Crippen LogP contribution < -0.4 is 20.4 Å². The van der Waals surface area contributed by atoms with Crippen LogP contribution in [0.25, 0.3) is 10.4 Å². The fraction of sp³-hybridized carbons (Fsp3) is 0.296. The first-order chi connectivity index (χ1) is 18.8. The minimum Gasteiger partial charge on any atom is -0.479 e. The standard InChI is InChI=1S/C27H28ClN3O7S/c1-37-31(19-8-3-2-4-9-19)26(34)22(16-10-12-29-13-11-16)30-18-7-5-6-17(14-18)24-21(28)23(38-15-20(32)33)25(39-24)27(35)36/h2-9,14,16,22,29-30H,10-13,15H2,1H3,(H,32,33)(H,35,36). The number of halogens is 1. The van der Waals surface area contributed by atoms with Crippen molar-refractivity contribution in [3.8, 4) is 16.2 Å². The Labute approximate surface area is 234 Å². The van der Waals surface area contributed by atoms with Gasteiger partial charge in [0.1, 0.15) is 11.1 Å². The lowest BCUT2D eigenvalue weighted by atomic mass is 9.89. The topological polar surface area (TPSA) is 137 Å². The minimum atomic E-state index is -1.28. The highest BCUT2D eigenvalue weighted by molar-refractivity contribution is 7.18. The summed E-state index contributed by atoms with van der Waals surface area (Å²) in [6.45, 7) is 0.849. The molecular formula is C27H28ClN3O7S. The average molecular weight is 574 g/mol. The Morgan fingerprint density at radius 1 is 1.13 bits per heavy atom. The van der Waals surface area contributed by atoms with Crippen LogP contribution in [0, 0.1) is 5.92 Å². The van der Waals surface area contributed by atoms with Crippen molar-refractivity contribution in [3.63, 3.8) is 0 Å². The Bertz CT molecular complexity index is 1330. The summed E-state index contributed by atoms with van der Waals surface area (Å²) in [7, 11) is 1.45. The summed E-state index contributed by atoms with van der Waals surface area (Å²) in [6, 6.07) is 15.6. The number of nitrogens with zero attached hydrogens (tertiary/aromatic N) is 1. The molecule has 1 unspecified atom stereocenters. The predicted octanol–water partition coefficient (Wildman–Crippen LogP) is 4.60. The van der Waals surface area contributed by atoms with E-state index in [4.69, 9.17) is 26.3 Å². The molecule has 0 radical (unpaired) electrons. The maximum Gasteiger partial charge on any atom is 0.349 e. The minimum absolute atomic E-state index is 0.0106. The number of carboxylic acid groups (broad SMARTS) is 2. The van der Waals surface area contributed by atoms with Crippen molar-refractivity contribution < 1.29 is 34.2 Å². The smallest absolute Gasteiger partial charge is 0.349 e. The SMILES string of the molecule is CON(C(=O)C(Nc1cccc(-c2sc(C(=O)O)c(OCC(=O)O)c2Cl)c1)C1CCNCC1)c1ccccc1. The number of ether oxygens (including phenoxy) is 1. The third-order valence-corrected chi connectivity index (χ3v) is 7.97. The molecule has 0 aliphatic carbocycles. The van der Waals surface area contributed by atoms with Crippen molar-refractivity contribution >= 4 is 52.2 Å². The van der Waals surface area contributed by atoms with Crippen LogP contribution in [0.1, 0.15) is 22.5 Å². The molecule has 1 aliphatic rings. The van der Waals surface area contributed by atoms with E-state index in [2.05, 4.69) is 10.6 Å². The highest BCUT2D eigenvalue weighted by Crippen LogP contribution is 2.46. The molecule has 1 fully saturated rings. The zero-order valence-corrected chi connectivity index (χ0v) is 22.6. The number of amides is 1. The third kappa shape index (κ3) is 6.69. The number of rotatable bonds is 11. The first-order valence-electron chi connectivity index (χ1n) is 12.2. The van der Waals surface area contributed by atoms with E-state index in [-0.39, 0.29) is 27.5 Å². The second kappa shape index (κ2) is 12.9. The second-order valence-corrected chi connectivity index (χ2v) is 10.2. The number of hydrogen-bond acceptors (Lipinski definition) is 8. The molecule has 1 aromatic heterocycles. The lowest BCUT2D eigenvalue weighted by Gasteiger charge is -2.34. The van der Waals surface area contributed by atoms with E-state index >= 15 is 0 Å². The van der Waals surface area contributed by atoms with Crippen LogP contribution in [0.3, 0.4) is 0 Å². The van der Waals surface area contributed by atoms with E-state index in [1.165, 1.54) is 12.2 Å². The largest absolute Gasteiger partial charge is 0.479 e. The Balaban J connectivity index is 1.66. The number of thiophene rings is 1. The number of piperidine rings is 1. The van der Waals surface area contributed by atoms with Crippen LogP contribution in [0.2, 0.25) is 5.02 Å². The van der Waals surface area contributed by atoms with Gasteiger partial charge in [-0.3, -0.25) is 9.63 Å². The molecule has 4 N–H and O–H groups in total. The monoisotopic (exact) mass is 573 g/mol. The number of para-hydroxylation sites is 1. The number of carbonyl (C=O) groups is 3. The normalized spacial score (nSPS) is 14.4. The number of aromatic carboxylic acids is 1. The summed E-state index contributed by atoms with van der Waals surface area (Å²) in [5, 5.41) is 26.6. The highest BCUT2D eigenvalue weighted by atomic mass is 35.5. The van der Waals surface area contributed by atoms with Crippen molar-refractivity contribution in [3.05, 3.63) is 64.5 Å². The number of carbonyl (C=O) groups excluding carboxylic acids is 1. The average Bonchev–Trinajstić information content (AvgIpc) is 3.28. The lowest BCUT2D eigenvalue weighted by molar-refractivity contribution is -0.139. The molecule has 206 valence electrons. The summed E-state index contributed by atoms with van der Waals surface area (Å²) in [5.74, 6) is -2.93. The van der Waals surface area contributed by atoms with Crippen molar-refractivity contribution in [2.75, 3.05) is 37.2 Å². The van der Waals surface area contributed by atoms with E-state index in [0.717, 1.165) is 37.3 Å². The molecule has 0 spiro atoms. The van der Waals surface area contributed by atoms with Gasteiger partial charge in [-0.1, -0.05) is 41.9 Å². The molecule has 2 heterocycles. The predicted molar refractivity (Wildman–Crippen MR) is 149 cm³/mol. The maximum atomic E-state index is 13.8. The molecule has 1 atom stereocenters. The fourth-order valence-corrected chi connectivity index (χ4v) is 5.89. The molecule has 1 aliphatic heterocycles. The first kappa shape index (κ1) is 28.4. The van der Waals surface area contributed by atoms with Crippen LogP contribution in [0.5, 0.6) is 5.75 Å². The van der Waals surface area contributed by atoms with Gasteiger partial charge < -0.3 is 25.6 Å².